The number of aliphatic hydroxyl groups is 1. The molecule has 0 spiro atoms. The molecule has 0 amide bonds. The van der Waals surface area contributed by atoms with E-state index in [1.165, 1.54) is 12.8 Å². The average Bonchev–Trinajstić information content (AvgIpc) is 2.57. The smallest absolute Gasteiger partial charge is 0.119 e. The van der Waals surface area contributed by atoms with E-state index in [1.807, 2.05) is 38.1 Å². The van der Waals surface area contributed by atoms with Crippen molar-refractivity contribution >= 4 is 5.69 Å². The molecule has 2 rings (SSSR count). The SMILES string of the molecule is CC(C)Oc1ccc(NC2CCCCCC2O)cc1. The Morgan fingerprint density at radius 1 is 1.11 bits per heavy atom. The molecular formula is C16H25NO2. The highest BCUT2D eigenvalue weighted by atomic mass is 16.5. The topological polar surface area (TPSA) is 41.5 Å². The van der Waals surface area contributed by atoms with Gasteiger partial charge in [-0.15, -0.1) is 0 Å². The van der Waals surface area contributed by atoms with Crippen molar-refractivity contribution in [3.63, 3.8) is 0 Å². The van der Waals surface area contributed by atoms with Crippen LogP contribution in [0.2, 0.25) is 0 Å². The molecule has 2 atom stereocenters. The molecule has 1 aliphatic carbocycles. The third-order valence-corrected chi connectivity index (χ3v) is 3.56. The molecule has 0 aliphatic heterocycles. The first-order chi connectivity index (χ1) is 9.15. The molecule has 0 aromatic heterocycles. The number of aliphatic hydroxyl groups excluding tert-OH is 1. The Hall–Kier alpha value is -1.22. The number of hydrogen-bond donors (Lipinski definition) is 2. The van der Waals surface area contributed by atoms with Gasteiger partial charge in [-0.3, -0.25) is 0 Å². The predicted octanol–water partition coefficient (Wildman–Crippen LogP) is 3.58. The van der Waals surface area contributed by atoms with E-state index >= 15 is 0 Å². The quantitative estimate of drug-likeness (QED) is 0.816. The van der Waals surface area contributed by atoms with E-state index in [0.29, 0.717) is 0 Å². The molecule has 3 nitrogen and oxygen atoms in total. The van der Waals surface area contributed by atoms with Crippen molar-refractivity contribution in [1.82, 2.24) is 0 Å². The second-order valence-corrected chi connectivity index (χ2v) is 5.65. The molecule has 1 aromatic carbocycles. The van der Waals surface area contributed by atoms with Gasteiger partial charge in [0.15, 0.2) is 0 Å². The number of rotatable bonds is 4. The van der Waals surface area contributed by atoms with Crippen LogP contribution < -0.4 is 10.1 Å². The van der Waals surface area contributed by atoms with Crippen molar-refractivity contribution in [2.45, 2.75) is 64.2 Å². The Morgan fingerprint density at radius 2 is 1.79 bits per heavy atom. The van der Waals surface area contributed by atoms with E-state index in [9.17, 15) is 5.11 Å². The summed E-state index contributed by atoms with van der Waals surface area (Å²) in [5, 5.41) is 13.5. The molecule has 1 aromatic rings. The standard InChI is InChI=1S/C16H25NO2/c1-12(2)19-14-10-8-13(9-11-14)17-15-6-4-3-5-7-16(15)18/h8-12,15-18H,3-7H2,1-2H3. The first-order valence-electron chi connectivity index (χ1n) is 7.36. The lowest BCUT2D eigenvalue weighted by molar-refractivity contribution is 0.144. The van der Waals surface area contributed by atoms with Gasteiger partial charge in [0, 0.05) is 5.69 Å². The van der Waals surface area contributed by atoms with E-state index < -0.39 is 0 Å². The summed E-state index contributed by atoms with van der Waals surface area (Å²) in [5.74, 6) is 0.891. The maximum absolute atomic E-state index is 10.1. The van der Waals surface area contributed by atoms with Gasteiger partial charge < -0.3 is 15.2 Å². The molecule has 2 N–H and O–H groups in total. The first kappa shape index (κ1) is 14.2. The van der Waals surface area contributed by atoms with Crippen LogP contribution in [-0.4, -0.2) is 23.4 Å². The van der Waals surface area contributed by atoms with Crippen molar-refractivity contribution in [2.24, 2.45) is 0 Å². The molecule has 1 fully saturated rings. The Labute approximate surface area is 116 Å². The maximum Gasteiger partial charge on any atom is 0.119 e. The van der Waals surface area contributed by atoms with Crippen LogP contribution in [0.4, 0.5) is 5.69 Å². The molecule has 19 heavy (non-hydrogen) atoms. The molecule has 1 saturated carbocycles. The summed E-state index contributed by atoms with van der Waals surface area (Å²) < 4.78 is 5.62. The number of hydrogen-bond acceptors (Lipinski definition) is 3. The fraction of sp³-hybridized carbons (Fsp3) is 0.625. The maximum atomic E-state index is 10.1. The van der Waals surface area contributed by atoms with Crippen LogP contribution in [0, 0.1) is 0 Å². The lowest BCUT2D eigenvalue weighted by Gasteiger charge is -2.23. The number of benzene rings is 1. The summed E-state index contributed by atoms with van der Waals surface area (Å²) in [5.41, 5.74) is 1.06. The summed E-state index contributed by atoms with van der Waals surface area (Å²) in [6, 6.07) is 8.18. The van der Waals surface area contributed by atoms with Crippen LogP contribution in [0.25, 0.3) is 0 Å². The van der Waals surface area contributed by atoms with Crippen LogP contribution >= 0.6 is 0 Å². The zero-order valence-corrected chi connectivity index (χ0v) is 11.9. The zero-order chi connectivity index (χ0) is 13.7. The molecule has 0 bridgehead atoms. The fourth-order valence-electron chi connectivity index (χ4n) is 2.57. The zero-order valence-electron chi connectivity index (χ0n) is 11.9. The summed E-state index contributed by atoms with van der Waals surface area (Å²) in [4.78, 5) is 0. The second kappa shape index (κ2) is 6.80. The number of anilines is 1. The molecular weight excluding hydrogens is 238 g/mol. The highest BCUT2D eigenvalue weighted by Crippen LogP contribution is 2.23. The summed E-state index contributed by atoms with van der Waals surface area (Å²) >= 11 is 0. The van der Waals surface area contributed by atoms with Crippen LogP contribution in [0.1, 0.15) is 46.0 Å². The van der Waals surface area contributed by atoms with Gasteiger partial charge in [0.25, 0.3) is 0 Å². The van der Waals surface area contributed by atoms with Gasteiger partial charge in [0.05, 0.1) is 18.2 Å². The minimum atomic E-state index is -0.228. The minimum Gasteiger partial charge on any atom is -0.491 e. The van der Waals surface area contributed by atoms with Crippen molar-refractivity contribution < 1.29 is 9.84 Å². The van der Waals surface area contributed by atoms with Crippen molar-refractivity contribution in [1.29, 1.82) is 0 Å². The molecule has 3 heteroatoms. The third-order valence-electron chi connectivity index (χ3n) is 3.56. The van der Waals surface area contributed by atoms with Crippen LogP contribution in [0.3, 0.4) is 0 Å². The summed E-state index contributed by atoms with van der Waals surface area (Å²) in [6.07, 6.45) is 5.49. The highest BCUT2D eigenvalue weighted by molar-refractivity contribution is 5.47. The van der Waals surface area contributed by atoms with Crippen molar-refractivity contribution in [3.05, 3.63) is 24.3 Å². The lowest BCUT2D eigenvalue weighted by Crippen LogP contribution is -2.32. The molecule has 1 aliphatic rings. The molecule has 106 valence electrons. The predicted molar refractivity (Wildman–Crippen MR) is 78.7 cm³/mol. The van der Waals surface area contributed by atoms with Gasteiger partial charge in [-0.1, -0.05) is 19.3 Å². The van der Waals surface area contributed by atoms with E-state index in [4.69, 9.17) is 4.74 Å². The van der Waals surface area contributed by atoms with Gasteiger partial charge >= 0.3 is 0 Å². The Morgan fingerprint density at radius 3 is 2.47 bits per heavy atom. The minimum absolute atomic E-state index is 0.180. The average molecular weight is 263 g/mol. The van der Waals surface area contributed by atoms with Gasteiger partial charge in [0.1, 0.15) is 5.75 Å². The number of nitrogens with one attached hydrogen (secondary N) is 1. The highest BCUT2D eigenvalue weighted by Gasteiger charge is 2.21. The lowest BCUT2D eigenvalue weighted by atomic mass is 10.1. The largest absolute Gasteiger partial charge is 0.491 e. The van der Waals surface area contributed by atoms with Crippen molar-refractivity contribution in [3.8, 4) is 5.75 Å². The van der Waals surface area contributed by atoms with E-state index in [-0.39, 0.29) is 18.2 Å². The summed E-state index contributed by atoms with van der Waals surface area (Å²) in [7, 11) is 0. The third kappa shape index (κ3) is 4.43. The monoisotopic (exact) mass is 263 g/mol. The summed E-state index contributed by atoms with van der Waals surface area (Å²) in [6.45, 7) is 4.04. The van der Waals surface area contributed by atoms with Crippen LogP contribution in [-0.2, 0) is 0 Å². The van der Waals surface area contributed by atoms with Gasteiger partial charge in [0.2, 0.25) is 0 Å². The van der Waals surface area contributed by atoms with Crippen LogP contribution in [0.5, 0.6) is 5.75 Å². The van der Waals surface area contributed by atoms with Crippen LogP contribution in [0.15, 0.2) is 24.3 Å². The fourth-order valence-corrected chi connectivity index (χ4v) is 2.57. The first-order valence-corrected chi connectivity index (χ1v) is 7.36. The van der Waals surface area contributed by atoms with Gasteiger partial charge in [-0.25, -0.2) is 0 Å². The normalized spacial score (nSPS) is 24.0. The van der Waals surface area contributed by atoms with E-state index in [2.05, 4.69) is 5.32 Å². The van der Waals surface area contributed by atoms with Gasteiger partial charge in [-0.2, -0.15) is 0 Å². The Kier molecular flexibility index (Phi) is 5.08. The molecule has 0 heterocycles. The Bertz CT molecular complexity index is 375. The number of ether oxygens (including phenoxy) is 1. The molecule has 0 saturated heterocycles. The molecule has 0 radical (unpaired) electrons. The molecule has 2 unspecified atom stereocenters. The Balaban J connectivity index is 1.94. The van der Waals surface area contributed by atoms with Gasteiger partial charge in [-0.05, 0) is 51.0 Å². The van der Waals surface area contributed by atoms with Crippen molar-refractivity contribution in [2.75, 3.05) is 5.32 Å². The second-order valence-electron chi connectivity index (χ2n) is 5.65. The van der Waals surface area contributed by atoms with E-state index in [1.54, 1.807) is 0 Å². The van der Waals surface area contributed by atoms with E-state index in [0.717, 1.165) is 30.7 Å².